The van der Waals surface area contributed by atoms with Gasteiger partial charge in [0, 0.05) is 23.3 Å². The van der Waals surface area contributed by atoms with Crippen LogP contribution >= 0.6 is 11.6 Å². The Hall–Kier alpha value is -2.27. The predicted octanol–water partition coefficient (Wildman–Crippen LogP) is 2.38. The number of rotatable bonds is 4. The van der Waals surface area contributed by atoms with Crippen LogP contribution in [0.5, 0.6) is 11.5 Å². The summed E-state index contributed by atoms with van der Waals surface area (Å²) in [6.45, 7) is 0.178. The highest BCUT2D eigenvalue weighted by molar-refractivity contribution is 6.31. The molecule has 0 fully saturated rings. The van der Waals surface area contributed by atoms with E-state index in [4.69, 9.17) is 16.3 Å². The van der Waals surface area contributed by atoms with Gasteiger partial charge in [-0.15, -0.1) is 0 Å². The zero-order chi connectivity index (χ0) is 14.5. The minimum Gasteiger partial charge on any atom is -0.505 e. The standard InChI is InChI=1S/C14H13ClN2O3/c1-20-12-6-2-4-10(15)9(12)8-17-14(19)13-11(18)5-3-7-16-13/h2-7,18H,8H2,1H3,(H,17,19). The topological polar surface area (TPSA) is 71.5 Å². The molecule has 20 heavy (non-hydrogen) atoms. The van der Waals surface area contributed by atoms with Crippen LogP contribution in [0.4, 0.5) is 0 Å². The van der Waals surface area contributed by atoms with Crippen LogP contribution in [0.3, 0.4) is 0 Å². The van der Waals surface area contributed by atoms with Crippen molar-refractivity contribution in [3.05, 3.63) is 52.8 Å². The number of amides is 1. The number of carbonyl (C=O) groups excluding carboxylic acids is 1. The lowest BCUT2D eigenvalue weighted by molar-refractivity contribution is 0.0943. The molecule has 0 atom stereocenters. The Bertz CT molecular complexity index is 632. The van der Waals surface area contributed by atoms with Crippen LogP contribution in [-0.4, -0.2) is 23.1 Å². The maximum absolute atomic E-state index is 11.9. The second kappa shape index (κ2) is 6.25. The van der Waals surface area contributed by atoms with E-state index in [1.807, 2.05) is 0 Å². The Morgan fingerprint density at radius 2 is 2.20 bits per heavy atom. The molecule has 104 valence electrons. The van der Waals surface area contributed by atoms with E-state index in [0.29, 0.717) is 16.3 Å². The number of nitrogens with zero attached hydrogens (tertiary/aromatic N) is 1. The van der Waals surface area contributed by atoms with Gasteiger partial charge in [-0.25, -0.2) is 4.98 Å². The van der Waals surface area contributed by atoms with Gasteiger partial charge in [0.15, 0.2) is 5.69 Å². The lowest BCUT2D eigenvalue weighted by Crippen LogP contribution is -2.24. The van der Waals surface area contributed by atoms with E-state index in [9.17, 15) is 9.90 Å². The van der Waals surface area contributed by atoms with Crippen LogP contribution in [0.1, 0.15) is 16.1 Å². The molecule has 0 aliphatic rings. The first-order chi connectivity index (χ1) is 9.63. The van der Waals surface area contributed by atoms with Crippen LogP contribution in [0.15, 0.2) is 36.5 Å². The molecule has 1 aromatic carbocycles. The number of hydrogen-bond donors (Lipinski definition) is 2. The van der Waals surface area contributed by atoms with Gasteiger partial charge in [0.05, 0.1) is 7.11 Å². The molecule has 6 heteroatoms. The Morgan fingerprint density at radius 3 is 2.90 bits per heavy atom. The molecule has 0 saturated carbocycles. The van der Waals surface area contributed by atoms with Gasteiger partial charge in [-0.1, -0.05) is 17.7 Å². The number of methoxy groups -OCH3 is 1. The van der Waals surface area contributed by atoms with Crippen molar-refractivity contribution in [2.75, 3.05) is 7.11 Å². The number of aromatic hydroxyl groups is 1. The second-order valence-corrected chi connectivity index (χ2v) is 4.38. The number of benzene rings is 1. The zero-order valence-corrected chi connectivity index (χ0v) is 11.5. The molecule has 5 nitrogen and oxygen atoms in total. The van der Waals surface area contributed by atoms with Gasteiger partial charge in [0.25, 0.3) is 5.91 Å². The normalized spacial score (nSPS) is 10.1. The third kappa shape index (κ3) is 3.00. The number of carbonyl (C=O) groups is 1. The molecular weight excluding hydrogens is 280 g/mol. The zero-order valence-electron chi connectivity index (χ0n) is 10.8. The minimum absolute atomic E-state index is 0.0291. The third-order valence-electron chi connectivity index (χ3n) is 2.72. The van der Waals surface area contributed by atoms with Crippen molar-refractivity contribution in [3.8, 4) is 11.5 Å². The minimum atomic E-state index is -0.481. The molecule has 1 heterocycles. The third-order valence-corrected chi connectivity index (χ3v) is 3.08. The molecule has 0 saturated heterocycles. The van der Waals surface area contributed by atoms with E-state index in [-0.39, 0.29) is 18.0 Å². The highest BCUT2D eigenvalue weighted by atomic mass is 35.5. The molecule has 0 aliphatic heterocycles. The van der Waals surface area contributed by atoms with Gasteiger partial charge in [-0.05, 0) is 24.3 Å². The summed E-state index contributed by atoms with van der Waals surface area (Å²) < 4.78 is 5.19. The van der Waals surface area contributed by atoms with Crippen LogP contribution in [0.2, 0.25) is 5.02 Å². The van der Waals surface area contributed by atoms with Gasteiger partial charge in [-0.3, -0.25) is 4.79 Å². The first-order valence-electron chi connectivity index (χ1n) is 5.87. The Balaban J connectivity index is 2.14. The monoisotopic (exact) mass is 292 g/mol. The smallest absolute Gasteiger partial charge is 0.274 e. The first kappa shape index (κ1) is 14.1. The van der Waals surface area contributed by atoms with Crippen molar-refractivity contribution in [2.45, 2.75) is 6.54 Å². The summed E-state index contributed by atoms with van der Waals surface area (Å²) in [4.78, 5) is 15.8. The lowest BCUT2D eigenvalue weighted by atomic mass is 10.2. The molecule has 1 amide bonds. The van der Waals surface area contributed by atoms with Crippen molar-refractivity contribution < 1.29 is 14.6 Å². The lowest BCUT2D eigenvalue weighted by Gasteiger charge is -2.11. The average molecular weight is 293 g/mol. The molecule has 2 rings (SSSR count). The van der Waals surface area contributed by atoms with E-state index in [1.54, 1.807) is 24.3 Å². The van der Waals surface area contributed by atoms with Crippen LogP contribution in [0.25, 0.3) is 0 Å². The van der Waals surface area contributed by atoms with Crippen LogP contribution < -0.4 is 10.1 Å². The van der Waals surface area contributed by atoms with Crippen LogP contribution in [-0.2, 0) is 6.54 Å². The maximum Gasteiger partial charge on any atom is 0.274 e. The molecule has 2 aromatic rings. The van der Waals surface area contributed by atoms with Crippen molar-refractivity contribution in [3.63, 3.8) is 0 Å². The fraction of sp³-hybridized carbons (Fsp3) is 0.143. The largest absolute Gasteiger partial charge is 0.505 e. The molecule has 1 aromatic heterocycles. The maximum atomic E-state index is 11.9. The van der Waals surface area contributed by atoms with Crippen molar-refractivity contribution in [1.29, 1.82) is 0 Å². The second-order valence-electron chi connectivity index (χ2n) is 3.97. The SMILES string of the molecule is COc1cccc(Cl)c1CNC(=O)c1ncccc1O. The number of halogens is 1. The van der Waals surface area contributed by atoms with E-state index in [0.717, 1.165) is 0 Å². The average Bonchev–Trinajstić information content (AvgIpc) is 2.46. The molecule has 0 spiro atoms. The van der Waals surface area contributed by atoms with Crippen molar-refractivity contribution in [2.24, 2.45) is 0 Å². The van der Waals surface area contributed by atoms with E-state index in [2.05, 4.69) is 10.3 Å². The van der Waals surface area contributed by atoms with Gasteiger partial charge in [-0.2, -0.15) is 0 Å². The van der Waals surface area contributed by atoms with Gasteiger partial charge in [0.1, 0.15) is 11.5 Å². The van der Waals surface area contributed by atoms with Gasteiger partial charge < -0.3 is 15.2 Å². The van der Waals surface area contributed by atoms with E-state index >= 15 is 0 Å². The van der Waals surface area contributed by atoms with Gasteiger partial charge >= 0.3 is 0 Å². The fourth-order valence-corrected chi connectivity index (χ4v) is 1.96. The Labute approximate surface area is 121 Å². The highest BCUT2D eigenvalue weighted by Gasteiger charge is 2.14. The summed E-state index contributed by atoms with van der Waals surface area (Å²) in [5.74, 6) is -0.0655. The number of hydrogen-bond acceptors (Lipinski definition) is 4. The molecule has 0 bridgehead atoms. The number of ether oxygens (including phenoxy) is 1. The predicted molar refractivity (Wildman–Crippen MR) is 75.1 cm³/mol. The van der Waals surface area contributed by atoms with Crippen molar-refractivity contribution in [1.82, 2.24) is 10.3 Å². The summed E-state index contributed by atoms with van der Waals surface area (Å²) >= 11 is 6.07. The molecule has 0 aliphatic carbocycles. The molecule has 0 radical (unpaired) electrons. The van der Waals surface area contributed by atoms with Crippen LogP contribution in [0, 0.1) is 0 Å². The molecule has 0 unspecified atom stereocenters. The summed E-state index contributed by atoms with van der Waals surface area (Å²) in [5, 5.41) is 12.7. The Kier molecular flexibility index (Phi) is 4.42. The summed E-state index contributed by atoms with van der Waals surface area (Å²) in [5.41, 5.74) is 0.638. The van der Waals surface area contributed by atoms with Gasteiger partial charge in [0.2, 0.25) is 0 Å². The quantitative estimate of drug-likeness (QED) is 0.907. The van der Waals surface area contributed by atoms with Crippen molar-refractivity contribution >= 4 is 17.5 Å². The number of aromatic nitrogens is 1. The molecule has 2 N–H and O–H groups in total. The van der Waals surface area contributed by atoms with E-state index < -0.39 is 5.91 Å². The summed E-state index contributed by atoms with van der Waals surface area (Å²) in [7, 11) is 1.53. The first-order valence-corrected chi connectivity index (χ1v) is 6.25. The summed E-state index contributed by atoms with van der Waals surface area (Å²) in [6.07, 6.45) is 1.44. The molecular formula is C14H13ClN2O3. The Morgan fingerprint density at radius 1 is 1.40 bits per heavy atom. The fourth-order valence-electron chi connectivity index (χ4n) is 1.73. The number of pyridine rings is 1. The summed E-state index contributed by atoms with van der Waals surface area (Å²) in [6, 6.07) is 8.17. The van der Waals surface area contributed by atoms with E-state index in [1.165, 1.54) is 19.4 Å². The number of nitrogens with one attached hydrogen (secondary N) is 1. The highest BCUT2D eigenvalue weighted by Crippen LogP contribution is 2.26.